The summed E-state index contributed by atoms with van der Waals surface area (Å²) in [7, 11) is 3.66. The number of rotatable bonds is 4. The molecule has 0 aromatic carbocycles. The lowest BCUT2D eigenvalue weighted by atomic mass is 10.3. The number of hydrazine groups is 1. The zero-order valence-corrected chi connectivity index (χ0v) is 9.70. The second-order valence-electron chi connectivity index (χ2n) is 3.95. The summed E-state index contributed by atoms with van der Waals surface area (Å²) in [5, 5.41) is 0. The minimum Gasteiger partial charge on any atom is -0.383 e. The van der Waals surface area contributed by atoms with E-state index in [1.807, 2.05) is 11.9 Å². The first-order valence-electron chi connectivity index (χ1n) is 5.52. The molecule has 3 N–H and O–H groups in total. The number of guanidine groups is 1. The summed E-state index contributed by atoms with van der Waals surface area (Å²) in [6.45, 7) is 1.48. The van der Waals surface area contributed by atoms with Gasteiger partial charge in [0.15, 0.2) is 0 Å². The van der Waals surface area contributed by atoms with Crippen LogP contribution in [0.5, 0.6) is 0 Å². The molecular weight excluding hydrogens is 192 g/mol. The normalized spacial score (nSPS) is 18.2. The minimum atomic E-state index is 0.445. The monoisotopic (exact) mass is 214 g/mol. The van der Waals surface area contributed by atoms with Crippen LogP contribution in [0.25, 0.3) is 0 Å². The van der Waals surface area contributed by atoms with Crippen molar-refractivity contribution in [3.05, 3.63) is 0 Å². The van der Waals surface area contributed by atoms with Gasteiger partial charge in [-0.2, -0.15) is 0 Å². The Morgan fingerprint density at radius 2 is 2.20 bits per heavy atom. The summed E-state index contributed by atoms with van der Waals surface area (Å²) < 4.78 is 5.01. The van der Waals surface area contributed by atoms with Crippen molar-refractivity contribution in [3.63, 3.8) is 0 Å². The quantitative estimate of drug-likeness (QED) is 0.306. The summed E-state index contributed by atoms with van der Waals surface area (Å²) >= 11 is 0. The predicted octanol–water partition coefficient (Wildman–Crippen LogP) is 0.327. The third kappa shape index (κ3) is 4.05. The lowest BCUT2D eigenvalue weighted by Gasteiger charge is -2.21. The third-order valence-electron chi connectivity index (χ3n) is 2.75. The van der Waals surface area contributed by atoms with Crippen molar-refractivity contribution in [1.82, 2.24) is 10.3 Å². The number of nitrogens with one attached hydrogen (secondary N) is 1. The topological polar surface area (TPSA) is 62.9 Å². The molecule has 0 atom stereocenters. The van der Waals surface area contributed by atoms with E-state index in [9.17, 15) is 0 Å². The molecule has 0 saturated heterocycles. The molecule has 1 aliphatic rings. The Balaban J connectivity index is 2.44. The van der Waals surface area contributed by atoms with E-state index < -0.39 is 0 Å². The predicted molar refractivity (Wildman–Crippen MR) is 61.5 cm³/mol. The zero-order chi connectivity index (χ0) is 11.1. The Morgan fingerprint density at radius 1 is 1.53 bits per heavy atom. The summed E-state index contributed by atoms with van der Waals surface area (Å²) in [5.41, 5.74) is 2.66. The van der Waals surface area contributed by atoms with Crippen LogP contribution in [0.3, 0.4) is 0 Å². The maximum Gasteiger partial charge on any atom is 0.208 e. The Morgan fingerprint density at radius 3 is 2.73 bits per heavy atom. The molecule has 1 aliphatic carbocycles. The van der Waals surface area contributed by atoms with Crippen molar-refractivity contribution in [1.29, 1.82) is 0 Å². The fraction of sp³-hybridized carbons (Fsp3) is 0.900. The molecule has 0 heterocycles. The number of likely N-dealkylation sites (N-methyl/N-ethyl adjacent to an activating group) is 1. The van der Waals surface area contributed by atoms with Crippen LogP contribution in [-0.4, -0.2) is 44.2 Å². The first-order valence-corrected chi connectivity index (χ1v) is 5.52. The first-order chi connectivity index (χ1) is 7.27. The average Bonchev–Trinajstić information content (AvgIpc) is 2.75. The van der Waals surface area contributed by atoms with Crippen LogP contribution in [0.15, 0.2) is 4.99 Å². The molecule has 0 radical (unpaired) electrons. The fourth-order valence-corrected chi connectivity index (χ4v) is 1.79. The van der Waals surface area contributed by atoms with Crippen LogP contribution in [0.2, 0.25) is 0 Å². The van der Waals surface area contributed by atoms with E-state index in [0.717, 1.165) is 12.5 Å². The van der Waals surface area contributed by atoms with Crippen LogP contribution in [0, 0.1) is 0 Å². The van der Waals surface area contributed by atoms with Crippen LogP contribution in [0.1, 0.15) is 25.7 Å². The van der Waals surface area contributed by atoms with Crippen LogP contribution in [0.4, 0.5) is 0 Å². The van der Waals surface area contributed by atoms with Crippen LogP contribution >= 0.6 is 0 Å². The van der Waals surface area contributed by atoms with Crippen molar-refractivity contribution < 1.29 is 4.74 Å². The summed E-state index contributed by atoms with van der Waals surface area (Å²) in [6, 6.07) is 0.445. The van der Waals surface area contributed by atoms with Gasteiger partial charge in [-0.3, -0.25) is 5.43 Å². The van der Waals surface area contributed by atoms with Crippen molar-refractivity contribution in [3.8, 4) is 0 Å². The molecule has 88 valence electrons. The second-order valence-corrected chi connectivity index (χ2v) is 3.95. The number of hydrogen-bond donors (Lipinski definition) is 2. The van der Waals surface area contributed by atoms with Crippen molar-refractivity contribution in [2.75, 3.05) is 27.3 Å². The van der Waals surface area contributed by atoms with Crippen LogP contribution < -0.4 is 11.3 Å². The molecule has 0 bridgehead atoms. The smallest absolute Gasteiger partial charge is 0.208 e. The third-order valence-corrected chi connectivity index (χ3v) is 2.75. The van der Waals surface area contributed by atoms with E-state index in [1.54, 1.807) is 7.11 Å². The van der Waals surface area contributed by atoms with Gasteiger partial charge < -0.3 is 9.64 Å². The molecule has 5 nitrogen and oxygen atoms in total. The van der Waals surface area contributed by atoms with Gasteiger partial charge in [-0.1, -0.05) is 12.8 Å². The van der Waals surface area contributed by atoms with Gasteiger partial charge in [-0.25, -0.2) is 10.8 Å². The zero-order valence-electron chi connectivity index (χ0n) is 9.70. The summed E-state index contributed by atoms with van der Waals surface area (Å²) in [4.78, 5) is 6.59. The SMILES string of the molecule is COCCN(C)C(=NC1CCCC1)NN. The fourth-order valence-electron chi connectivity index (χ4n) is 1.79. The number of ether oxygens (including phenoxy) is 1. The number of hydrogen-bond acceptors (Lipinski definition) is 3. The van der Waals surface area contributed by atoms with Gasteiger partial charge in [0.25, 0.3) is 0 Å². The molecule has 0 amide bonds. The molecule has 1 saturated carbocycles. The van der Waals surface area contributed by atoms with E-state index in [-0.39, 0.29) is 0 Å². The molecule has 0 unspecified atom stereocenters. The largest absolute Gasteiger partial charge is 0.383 e. The lowest BCUT2D eigenvalue weighted by Crippen LogP contribution is -2.44. The van der Waals surface area contributed by atoms with Gasteiger partial charge in [-0.15, -0.1) is 0 Å². The standard InChI is InChI=1S/C10H22N4O/c1-14(7-8-15-2)10(13-11)12-9-5-3-4-6-9/h9H,3-8,11H2,1-2H3,(H,12,13). The number of nitrogens with two attached hydrogens (primary N) is 1. The van der Waals surface area contributed by atoms with E-state index >= 15 is 0 Å². The Hall–Kier alpha value is -0.810. The van der Waals surface area contributed by atoms with Crippen molar-refractivity contribution in [2.45, 2.75) is 31.7 Å². The molecule has 0 aromatic heterocycles. The van der Waals surface area contributed by atoms with E-state index in [0.29, 0.717) is 12.6 Å². The average molecular weight is 214 g/mol. The van der Waals surface area contributed by atoms with Gasteiger partial charge in [0.1, 0.15) is 0 Å². The molecule has 0 spiro atoms. The van der Waals surface area contributed by atoms with Gasteiger partial charge in [0, 0.05) is 20.7 Å². The van der Waals surface area contributed by atoms with E-state index in [1.165, 1.54) is 25.7 Å². The van der Waals surface area contributed by atoms with Gasteiger partial charge in [0.2, 0.25) is 5.96 Å². The molecule has 1 fully saturated rings. The highest BCUT2D eigenvalue weighted by atomic mass is 16.5. The Kier molecular flexibility index (Phi) is 5.42. The molecule has 5 heteroatoms. The van der Waals surface area contributed by atoms with Crippen molar-refractivity contribution >= 4 is 5.96 Å². The highest BCUT2D eigenvalue weighted by Crippen LogP contribution is 2.20. The van der Waals surface area contributed by atoms with Crippen LogP contribution in [-0.2, 0) is 4.74 Å². The maximum absolute atomic E-state index is 5.46. The molecule has 0 aromatic rings. The number of methoxy groups -OCH3 is 1. The van der Waals surface area contributed by atoms with E-state index in [4.69, 9.17) is 10.6 Å². The number of aliphatic imine (C=N–C) groups is 1. The highest BCUT2D eigenvalue weighted by molar-refractivity contribution is 5.79. The molecule has 1 rings (SSSR count). The Bertz CT molecular complexity index is 202. The maximum atomic E-state index is 5.46. The van der Waals surface area contributed by atoms with Gasteiger partial charge >= 0.3 is 0 Å². The van der Waals surface area contributed by atoms with Gasteiger partial charge in [0.05, 0.1) is 12.6 Å². The Labute approximate surface area is 91.6 Å². The highest BCUT2D eigenvalue weighted by Gasteiger charge is 2.15. The second kappa shape index (κ2) is 6.63. The summed E-state index contributed by atoms with van der Waals surface area (Å²) in [6.07, 6.45) is 4.94. The lowest BCUT2D eigenvalue weighted by molar-refractivity contribution is 0.181. The molecular formula is C10H22N4O. The van der Waals surface area contributed by atoms with Gasteiger partial charge in [-0.05, 0) is 12.8 Å². The number of nitrogens with zero attached hydrogens (tertiary/aromatic N) is 2. The minimum absolute atomic E-state index is 0.445. The molecule has 0 aliphatic heterocycles. The summed E-state index contributed by atoms with van der Waals surface area (Å²) in [5.74, 6) is 6.22. The van der Waals surface area contributed by atoms with E-state index in [2.05, 4.69) is 10.4 Å². The van der Waals surface area contributed by atoms with Crippen molar-refractivity contribution in [2.24, 2.45) is 10.8 Å². The first kappa shape index (κ1) is 12.3. The molecule has 15 heavy (non-hydrogen) atoms.